The molecule has 1 saturated heterocycles. The smallest absolute Gasteiger partial charge is 0.195 e. The van der Waals surface area contributed by atoms with E-state index < -0.39 is 5.79 Å². The number of ether oxygens (including phenoxy) is 3. The van der Waals surface area contributed by atoms with Gasteiger partial charge in [0.05, 0.1) is 25.9 Å². The highest BCUT2D eigenvalue weighted by Gasteiger charge is 2.34. The van der Waals surface area contributed by atoms with Crippen LogP contribution in [0.5, 0.6) is 5.75 Å². The van der Waals surface area contributed by atoms with E-state index >= 15 is 0 Å². The van der Waals surface area contributed by atoms with Crippen LogP contribution in [0.2, 0.25) is 5.02 Å². The van der Waals surface area contributed by atoms with E-state index in [1.807, 2.05) is 19.1 Å². The first-order valence-electron chi connectivity index (χ1n) is 5.27. The van der Waals surface area contributed by atoms with Crippen molar-refractivity contribution in [3.63, 3.8) is 0 Å². The lowest BCUT2D eigenvalue weighted by Crippen LogP contribution is -2.35. The van der Waals surface area contributed by atoms with Gasteiger partial charge in [0.25, 0.3) is 0 Å². The first kappa shape index (κ1) is 11.7. The topological polar surface area (TPSA) is 27.7 Å². The van der Waals surface area contributed by atoms with Crippen molar-refractivity contribution in [2.75, 3.05) is 20.3 Å². The van der Waals surface area contributed by atoms with Crippen molar-refractivity contribution in [1.29, 1.82) is 0 Å². The van der Waals surface area contributed by atoms with E-state index in [1.165, 1.54) is 0 Å². The van der Waals surface area contributed by atoms with Crippen molar-refractivity contribution in [3.05, 3.63) is 28.8 Å². The molecule has 1 heterocycles. The molecule has 0 radical (unpaired) electrons. The SMILES string of the molecule is COc1ccc(Cl)cc1C1(C)OCCCO1. The van der Waals surface area contributed by atoms with E-state index in [0.717, 1.165) is 17.7 Å². The number of rotatable bonds is 2. The van der Waals surface area contributed by atoms with Crippen LogP contribution in [-0.2, 0) is 15.3 Å². The summed E-state index contributed by atoms with van der Waals surface area (Å²) < 4.78 is 16.7. The van der Waals surface area contributed by atoms with Gasteiger partial charge >= 0.3 is 0 Å². The number of methoxy groups -OCH3 is 1. The maximum absolute atomic E-state index is 5.99. The summed E-state index contributed by atoms with van der Waals surface area (Å²) in [6.07, 6.45) is 0.915. The van der Waals surface area contributed by atoms with E-state index in [-0.39, 0.29) is 0 Å². The highest BCUT2D eigenvalue weighted by atomic mass is 35.5. The molecule has 0 aliphatic carbocycles. The predicted molar refractivity (Wildman–Crippen MR) is 61.9 cm³/mol. The third-order valence-electron chi connectivity index (χ3n) is 2.69. The summed E-state index contributed by atoms with van der Waals surface area (Å²) in [5, 5.41) is 0.648. The van der Waals surface area contributed by atoms with Crippen molar-refractivity contribution in [2.45, 2.75) is 19.1 Å². The van der Waals surface area contributed by atoms with E-state index in [9.17, 15) is 0 Å². The summed E-state index contributed by atoms with van der Waals surface area (Å²) >= 11 is 5.99. The Hall–Kier alpha value is -0.770. The predicted octanol–water partition coefficient (Wildman–Crippen LogP) is 2.96. The molecule has 4 heteroatoms. The van der Waals surface area contributed by atoms with E-state index in [4.69, 9.17) is 25.8 Å². The molecule has 1 aromatic carbocycles. The largest absolute Gasteiger partial charge is 0.496 e. The zero-order chi connectivity index (χ0) is 11.6. The summed E-state index contributed by atoms with van der Waals surface area (Å²) in [4.78, 5) is 0. The van der Waals surface area contributed by atoms with Gasteiger partial charge in [-0.15, -0.1) is 0 Å². The van der Waals surface area contributed by atoms with Crippen LogP contribution < -0.4 is 4.74 Å². The normalized spacial score (nSPS) is 19.4. The highest BCUT2D eigenvalue weighted by Crippen LogP contribution is 2.37. The van der Waals surface area contributed by atoms with Crippen molar-refractivity contribution < 1.29 is 14.2 Å². The molecule has 0 amide bonds. The Morgan fingerprint density at radius 3 is 2.62 bits per heavy atom. The Labute approximate surface area is 100 Å². The van der Waals surface area contributed by atoms with Crippen LogP contribution in [0.4, 0.5) is 0 Å². The molecule has 0 spiro atoms. The van der Waals surface area contributed by atoms with Gasteiger partial charge in [0.15, 0.2) is 5.79 Å². The van der Waals surface area contributed by atoms with E-state index in [2.05, 4.69) is 0 Å². The standard InChI is InChI=1S/C12H15ClO3/c1-12(15-6-3-7-16-12)10-8-9(13)4-5-11(10)14-2/h4-5,8H,3,6-7H2,1-2H3. The summed E-state index contributed by atoms with van der Waals surface area (Å²) in [6, 6.07) is 5.44. The van der Waals surface area contributed by atoms with Gasteiger partial charge in [-0.25, -0.2) is 0 Å². The van der Waals surface area contributed by atoms with Crippen molar-refractivity contribution >= 4 is 11.6 Å². The molecule has 16 heavy (non-hydrogen) atoms. The molecule has 0 bridgehead atoms. The molecule has 0 N–H and O–H groups in total. The number of hydrogen-bond donors (Lipinski definition) is 0. The maximum atomic E-state index is 5.99. The van der Waals surface area contributed by atoms with Crippen molar-refractivity contribution in [3.8, 4) is 5.75 Å². The van der Waals surface area contributed by atoms with Gasteiger partial charge < -0.3 is 14.2 Å². The molecule has 0 aromatic heterocycles. The molecule has 0 unspecified atom stereocenters. The van der Waals surface area contributed by atoms with Crippen LogP contribution in [0.3, 0.4) is 0 Å². The number of benzene rings is 1. The monoisotopic (exact) mass is 242 g/mol. The molecule has 1 fully saturated rings. The first-order valence-corrected chi connectivity index (χ1v) is 5.65. The number of halogens is 1. The Balaban J connectivity index is 2.40. The Morgan fingerprint density at radius 1 is 1.31 bits per heavy atom. The minimum Gasteiger partial charge on any atom is -0.496 e. The second-order valence-electron chi connectivity index (χ2n) is 3.84. The lowest BCUT2D eigenvalue weighted by molar-refractivity contribution is -0.265. The third kappa shape index (κ3) is 2.17. The summed E-state index contributed by atoms with van der Waals surface area (Å²) in [5.41, 5.74) is 0.835. The fourth-order valence-electron chi connectivity index (χ4n) is 1.83. The third-order valence-corrected chi connectivity index (χ3v) is 2.93. The van der Waals surface area contributed by atoms with Crippen LogP contribution in [0.25, 0.3) is 0 Å². The lowest BCUT2D eigenvalue weighted by Gasteiger charge is -2.35. The van der Waals surface area contributed by atoms with Crippen LogP contribution >= 0.6 is 11.6 Å². The van der Waals surface area contributed by atoms with Gasteiger partial charge in [0, 0.05) is 5.02 Å². The van der Waals surface area contributed by atoms with Crippen LogP contribution in [0.15, 0.2) is 18.2 Å². The second kappa shape index (κ2) is 4.62. The molecule has 2 rings (SSSR count). The molecular formula is C12H15ClO3. The highest BCUT2D eigenvalue weighted by molar-refractivity contribution is 6.30. The molecule has 1 aromatic rings. The zero-order valence-electron chi connectivity index (χ0n) is 9.46. The van der Waals surface area contributed by atoms with Crippen LogP contribution in [-0.4, -0.2) is 20.3 Å². The molecule has 1 aliphatic heterocycles. The molecule has 88 valence electrons. The number of hydrogen-bond acceptors (Lipinski definition) is 3. The van der Waals surface area contributed by atoms with Gasteiger partial charge in [0.1, 0.15) is 5.75 Å². The maximum Gasteiger partial charge on any atom is 0.195 e. The fraction of sp³-hybridized carbons (Fsp3) is 0.500. The van der Waals surface area contributed by atoms with Crippen molar-refractivity contribution in [2.24, 2.45) is 0 Å². The van der Waals surface area contributed by atoms with Gasteiger partial charge in [-0.05, 0) is 31.5 Å². The molecule has 0 saturated carbocycles. The van der Waals surface area contributed by atoms with Crippen LogP contribution in [0, 0.1) is 0 Å². The molecule has 3 nitrogen and oxygen atoms in total. The van der Waals surface area contributed by atoms with Gasteiger partial charge in [-0.1, -0.05) is 11.6 Å². The summed E-state index contributed by atoms with van der Waals surface area (Å²) in [5.74, 6) is -0.0251. The minimum absolute atomic E-state index is 0.648. The average Bonchev–Trinajstić information content (AvgIpc) is 2.30. The van der Waals surface area contributed by atoms with Gasteiger partial charge in [-0.2, -0.15) is 0 Å². The quantitative estimate of drug-likeness (QED) is 0.798. The Morgan fingerprint density at radius 2 is 2.00 bits per heavy atom. The summed E-state index contributed by atoms with van der Waals surface area (Å²) in [7, 11) is 1.62. The average molecular weight is 243 g/mol. The Kier molecular flexibility index (Phi) is 3.38. The Bertz CT molecular complexity index is 373. The van der Waals surface area contributed by atoms with Gasteiger partial charge in [-0.3, -0.25) is 0 Å². The lowest BCUT2D eigenvalue weighted by atomic mass is 10.1. The first-order chi connectivity index (χ1) is 7.65. The zero-order valence-corrected chi connectivity index (χ0v) is 10.2. The minimum atomic E-state index is -0.755. The molecule has 0 atom stereocenters. The van der Waals surface area contributed by atoms with Crippen molar-refractivity contribution in [1.82, 2.24) is 0 Å². The van der Waals surface area contributed by atoms with E-state index in [1.54, 1.807) is 13.2 Å². The fourth-order valence-corrected chi connectivity index (χ4v) is 2.00. The molecular weight excluding hydrogens is 228 g/mol. The second-order valence-corrected chi connectivity index (χ2v) is 4.28. The summed E-state index contributed by atoms with van der Waals surface area (Å²) in [6.45, 7) is 3.26. The van der Waals surface area contributed by atoms with Gasteiger partial charge in [0.2, 0.25) is 0 Å². The van der Waals surface area contributed by atoms with Crippen LogP contribution in [0.1, 0.15) is 18.9 Å². The molecule has 1 aliphatic rings. The van der Waals surface area contributed by atoms with E-state index in [0.29, 0.717) is 18.2 Å².